The fourth-order valence-electron chi connectivity index (χ4n) is 2.14. The van der Waals surface area contributed by atoms with E-state index in [9.17, 15) is 4.79 Å². The molecule has 0 unspecified atom stereocenters. The number of carbonyl (C=O) groups excluding carboxylic acids is 1. The van der Waals surface area contributed by atoms with Gasteiger partial charge in [-0.25, -0.2) is 4.99 Å². The second-order valence-electron chi connectivity index (χ2n) is 5.40. The molecule has 25 heavy (non-hydrogen) atoms. The van der Waals surface area contributed by atoms with Crippen LogP contribution in [0, 0.1) is 0 Å². The van der Waals surface area contributed by atoms with E-state index in [2.05, 4.69) is 20.9 Å². The van der Waals surface area contributed by atoms with Crippen LogP contribution in [-0.2, 0) is 11.3 Å². The Morgan fingerprint density at radius 1 is 1.08 bits per heavy atom. The van der Waals surface area contributed by atoms with Gasteiger partial charge >= 0.3 is 0 Å². The van der Waals surface area contributed by atoms with Crippen molar-refractivity contribution in [1.82, 2.24) is 16.0 Å². The molecule has 3 N–H and O–H groups in total. The average molecular weight is 350 g/mol. The van der Waals surface area contributed by atoms with E-state index in [0.29, 0.717) is 32.0 Å². The third kappa shape index (κ3) is 7.78. The number of carbonyl (C=O) groups is 1. The second kappa shape index (κ2) is 12.0. The lowest BCUT2D eigenvalue weighted by molar-refractivity contribution is -0.120. The fourth-order valence-corrected chi connectivity index (χ4v) is 2.14. The third-order valence-corrected chi connectivity index (χ3v) is 3.46. The standard InChI is InChI=1S/C18H30N4O3/c1-5-10-20-17(23)9-11-21-18(19-6-2)22-13-14-7-8-15(24-3)12-16(14)25-4/h7-8,12H,5-6,9-11,13H2,1-4H3,(H,20,23)(H2,19,21,22). The maximum Gasteiger partial charge on any atom is 0.221 e. The quantitative estimate of drug-likeness (QED) is 0.442. The lowest BCUT2D eigenvalue weighted by atomic mass is 10.2. The molecule has 7 nitrogen and oxygen atoms in total. The second-order valence-corrected chi connectivity index (χ2v) is 5.40. The van der Waals surface area contributed by atoms with Crippen LogP contribution in [0.3, 0.4) is 0 Å². The van der Waals surface area contributed by atoms with Crippen LogP contribution in [0.2, 0.25) is 0 Å². The molecule has 140 valence electrons. The summed E-state index contributed by atoms with van der Waals surface area (Å²) >= 11 is 0. The third-order valence-electron chi connectivity index (χ3n) is 3.46. The number of hydrogen-bond acceptors (Lipinski definition) is 4. The molecule has 0 saturated carbocycles. The highest BCUT2D eigenvalue weighted by molar-refractivity contribution is 5.81. The summed E-state index contributed by atoms with van der Waals surface area (Å²) in [7, 11) is 3.25. The first-order chi connectivity index (χ1) is 12.1. The van der Waals surface area contributed by atoms with E-state index in [4.69, 9.17) is 9.47 Å². The number of nitrogens with zero attached hydrogens (tertiary/aromatic N) is 1. The maximum atomic E-state index is 11.6. The van der Waals surface area contributed by atoms with Crippen molar-refractivity contribution in [2.24, 2.45) is 4.99 Å². The summed E-state index contributed by atoms with van der Waals surface area (Å²) in [6.45, 7) is 6.48. The summed E-state index contributed by atoms with van der Waals surface area (Å²) in [6, 6.07) is 5.65. The Hall–Kier alpha value is -2.44. The Bertz CT molecular complexity index is 561. The summed E-state index contributed by atoms with van der Waals surface area (Å²) in [6.07, 6.45) is 1.35. The van der Waals surface area contributed by atoms with E-state index in [1.165, 1.54) is 0 Å². The molecule has 0 aliphatic carbocycles. The van der Waals surface area contributed by atoms with Crippen LogP contribution in [0.4, 0.5) is 0 Å². The van der Waals surface area contributed by atoms with Gasteiger partial charge < -0.3 is 25.4 Å². The number of aliphatic imine (C=N–C) groups is 1. The van der Waals surface area contributed by atoms with Gasteiger partial charge in [0.25, 0.3) is 0 Å². The van der Waals surface area contributed by atoms with Crippen LogP contribution in [0.15, 0.2) is 23.2 Å². The van der Waals surface area contributed by atoms with Crippen LogP contribution < -0.4 is 25.4 Å². The molecule has 0 heterocycles. The summed E-state index contributed by atoms with van der Waals surface area (Å²) in [5.41, 5.74) is 0.959. The maximum absolute atomic E-state index is 11.6. The van der Waals surface area contributed by atoms with Crippen LogP contribution >= 0.6 is 0 Å². The number of hydrogen-bond donors (Lipinski definition) is 3. The van der Waals surface area contributed by atoms with Crippen molar-refractivity contribution in [2.75, 3.05) is 33.9 Å². The molecule has 0 fully saturated rings. The molecule has 0 radical (unpaired) electrons. The van der Waals surface area contributed by atoms with Crippen LogP contribution in [0.5, 0.6) is 11.5 Å². The Balaban J connectivity index is 2.61. The molecule has 7 heteroatoms. The van der Waals surface area contributed by atoms with Gasteiger partial charge in [-0.3, -0.25) is 4.79 Å². The predicted octanol–water partition coefficient (Wildman–Crippen LogP) is 1.68. The predicted molar refractivity (Wildman–Crippen MR) is 100 cm³/mol. The van der Waals surface area contributed by atoms with Crippen molar-refractivity contribution >= 4 is 11.9 Å². The van der Waals surface area contributed by atoms with E-state index in [-0.39, 0.29) is 5.91 Å². The highest BCUT2D eigenvalue weighted by Crippen LogP contribution is 2.25. The van der Waals surface area contributed by atoms with E-state index in [0.717, 1.165) is 30.0 Å². The zero-order valence-corrected chi connectivity index (χ0v) is 15.6. The van der Waals surface area contributed by atoms with Gasteiger partial charge in [-0.15, -0.1) is 0 Å². The minimum Gasteiger partial charge on any atom is -0.497 e. The van der Waals surface area contributed by atoms with Gasteiger partial charge in [0.15, 0.2) is 5.96 Å². The summed E-state index contributed by atoms with van der Waals surface area (Å²) in [5, 5.41) is 9.20. The molecule has 1 amide bonds. The van der Waals surface area contributed by atoms with Gasteiger partial charge in [0.2, 0.25) is 5.91 Å². The normalized spacial score (nSPS) is 11.0. The van der Waals surface area contributed by atoms with E-state index >= 15 is 0 Å². The number of amides is 1. The number of guanidine groups is 1. The van der Waals surface area contributed by atoms with E-state index in [1.54, 1.807) is 14.2 Å². The molecule has 0 spiro atoms. The number of benzene rings is 1. The summed E-state index contributed by atoms with van der Waals surface area (Å²) < 4.78 is 10.6. The molecule has 1 rings (SSSR count). The molecular weight excluding hydrogens is 320 g/mol. The number of methoxy groups -OCH3 is 2. The van der Waals surface area contributed by atoms with Crippen molar-refractivity contribution in [3.63, 3.8) is 0 Å². The molecule has 0 atom stereocenters. The summed E-state index contributed by atoms with van der Waals surface area (Å²) in [4.78, 5) is 16.2. The molecule has 0 bridgehead atoms. The molecule has 0 aliphatic rings. The first-order valence-electron chi connectivity index (χ1n) is 8.64. The minimum atomic E-state index is 0.0435. The lowest BCUT2D eigenvalue weighted by Gasteiger charge is -2.12. The zero-order chi connectivity index (χ0) is 18.5. The van der Waals surface area contributed by atoms with Crippen molar-refractivity contribution in [3.8, 4) is 11.5 Å². The van der Waals surface area contributed by atoms with Crippen molar-refractivity contribution in [3.05, 3.63) is 23.8 Å². The molecule has 0 aliphatic heterocycles. The fraction of sp³-hybridized carbons (Fsp3) is 0.556. The molecule has 0 aromatic heterocycles. The van der Waals surface area contributed by atoms with Gasteiger partial charge in [0, 0.05) is 37.7 Å². The minimum absolute atomic E-state index is 0.0435. The Kier molecular flexibility index (Phi) is 9.89. The van der Waals surface area contributed by atoms with Gasteiger partial charge in [-0.2, -0.15) is 0 Å². The van der Waals surface area contributed by atoms with E-state index in [1.807, 2.05) is 32.0 Å². The number of nitrogens with one attached hydrogen (secondary N) is 3. The van der Waals surface area contributed by atoms with Gasteiger partial charge in [0.1, 0.15) is 11.5 Å². The molecule has 0 saturated heterocycles. The Morgan fingerprint density at radius 3 is 2.52 bits per heavy atom. The first kappa shape index (κ1) is 20.6. The smallest absolute Gasteiger partial charge is 0.221 e. The largest absolute Gasteiger partial charge is 0.497 e. The number of ether oxygens (including phenoxy) is 2. The van der Waals surface area contributed by atoms with Crippen molar-refractivity contribution < 1.29 is 14.3 Å². The zero-order valence-electron chi connectivity index (χ0n) is 15.6. The Labute approximate surface area is 150 Å². The van der Waals surface area contributed by atoms with Gasteiger partial charge in [-0.1, -0.05) is 6.92 Å². The Morgan fingerprint density at radius 2 is 1.88 bits per heavy atom. The highest BCUT2D eigenvalue weighted by atomic mass is 16.5. The highest BCUT2D eigenvalue weighted by Gasteiger charge is 2.06. The average Bonchev–Trinajstić information content (AvgIpc) is 2.64. The SMILES string of the molecule is CCCNC(=O)CCNC(=NCc1ccc(OC)cc1OC)NCC. The van der Waals surface area contributed by atoms with Gasteiger partial charge in [-0.05, 0) is 25.5 Å². The monoisotopic (exact) mass is 350 g/mol. The molecule has 1 aromatic carbocycles. The van der Waals surface area contributed by atoms with Gasteiger partial charge in [0.05, 0.1) is 20.8 Å². The molecular formula is C18H30N4O3. The van der Waals surface area contributed by atoms with Crippen LogP contribution in [0.25, 0.3) is 0 Å². The topological polar surface area (TPSA) is 84.0 Å². The van der Waals surface area contributed by atoms with E-state index < -0.39 is 0 Å². The lowest BCUT2D eigenvalue weighted by Crippen LogP contribution is -2.39. The number of rotatable bonds is 10. The first-order valence-corrected chi connectivity index (χ1v) is 8.64. The molecule has 1 aromatic rings. The van der Waals surface area contributed by atoms with Crippen LogP contribution in [-0.4, -0.2) is 45.7 Å². The van der Waals surface area contributed by atoms with Crippen molar-refractivity contribution in [1.29, 1.82) is 0 Å². The summed E-state index contributed by atoms with van der Waals surface area (Å²) in [5.74, 6) is 2.19. The van der Waals surface area contributed by atoms with Crippen molar-refractivity contribution in [2.45, 2.75) is 33.2 Å². The van der Waals surface area contributed by atoms with Crippen LogP contribution in [0.1, 0.15) is 32.3 Å².